The van der Waals surface area contributed by atoms with Gasteiger partial charge in [0.05, 0.1) is 21.7 Å². The molecule has 0 N–H and O–H groups in total. The number of piperidine rings is 2. The van der Waals surface area contributed by atoms with Crippen molar-refractivity contribution in [1.82, 2.24) is 14.7 Å². The highest BCUT2D eigenvalue weighted by Gasteiger charge is 2.39. The third-order valence-corrected chi connectivity index (χ3v) is 8.34. The first-order valence-electron chi connectivity index (χ1n) is 12.5. The van der Waals surface area contributed by atoms with Crippen LogP contribution in [0.4, 0.5) is 0 Å². The lowest BCUT2D eigenvalue weighted by Gasteiger charge is -2.44. The molecule has 0 bridgehead atoms. The van der Waals surface area contributed by atoms with E-state index in [-0.39, 0.29) is 35.6 Å². The second-order valence-corrected chi connectivity index (χ2v) is 10.6. The second-order valence-electron chi connectivity index (χ2n) is 9.81. The molecule has 0 radical (unpaired) electrons. The van der Waals surface area contributed by atoms with E-state index in [1.54, 1.807) is 54.1 Å². The Morgan fingerprint density at radius 1 is 0.973 bits per heavy atom. The fourth-order valence-corrected chi connectivity index (χ4v) is 5.76. The molecule has 2 aromatic carbocycles. The van der Waals surface area contributed by atoms with Crippen LogP contribution in [0.1, 0.15) is 53.6 Å². The van der Waals surface area contributed by atoms with E-state index < -0.39 is 0 Å². The molecule has 2 aliphatic rings. The number of hydrogen-bond acceptors (Lipinski definition) is 4. The van der Waals surface area contributed by atoms with Gasteiger partial charge in [0.2, 0.25) is 11.8 Å². The highest BCUT2D eigenvalue weighted by atomic mass is 35.5. The standard InChI is InChI=1S/C28H30Cl2N4O3/c1-18(35)33-11-8-20(9-12-33)28(37)34-13-10-26(23(17-34)21-6-7-24(29)25(30)15-21)32(2)27(36)22-5-3-4-19(14-22)16-31/h3-7,14-15,20,23,26H,8-13,17H2,1-2H3. The van der Waals surface area contributed by atoms with Gasteiger partial charge in [-0.3, -0.25) is 14.4 Å². The zero-order valence-corrected chi connectivity index (χ0v) is 22.5. The summed E-state index contributed by atoms with van der Waals surface area (Å²) in [7, 11) is 1.77. The number of rotatable bonds is 4. The van der Waals surface area contributed by atoms with E-state index in [4.69, 9.17) is 23.2 Å². The summed E-state index contributed by atoms with van der Waals surface area (Å²) < 4.78 is 0. The largest absolute Gasteiger partial charge is 0.343 e. The highest BCUT2D eigenvalue weighted by molar-refractivity contribution is 6.42. The van der Waals surface area contributed by atoms with Crippen LogP contribution >= 0.6 is 23.2 Å². The van der Waals surface area contributed by atoms with Gasteiger partial charge in [-0.2, -0.15) is 5.26 Å². The molecule has 37 heavy (non-hydrogen) atoms. The van der Waals surface area contributed by atoms with Crippen LogP contribution in [0, 0.1) is 17.2 Å². The van der Waals surface area contributed by atoms with Crippen molar-refractivity contribution in [2.45, 2.75) is 38.1 Å². The molecule has 2 aromatic rings. The number of likely N-dealkylation sites (tertiary alicyclic amines) is 2. The number of nitriles is 1. The van der Waals surface area contributed by atoms with E-state index in [2.05, 4.69) is 6.07 Å². The van der Waals surface area contributed by atoms with Crippen LogP contribution in [-0.2, 0) is 9.59 Å². The summed E-state index contributed by atoms with van der Waals surface area (Å²) in [4.78, 5) is 44.0. The third kappa shape index (κ3) is 5.92. The SMILES string of the molecule is CC(=O)N1CCC(C(=O)N2CCC(N(C)C(=O)c3cccc(C#N)c3)C(c3ccc(Cl)c(Cl)c3)C2)CC1. The van der Waals surface area contributed by atoms with Crippen LogP contribution < -0.4 is 0 Å². The molecule has 0 spiro atoms. The summed E-state index contributed by atoms with van der Waals surface area (Å²) >= 11 is 12.5. The predicted octanol–water partition coefficient (Wildman–Crippen LogP) is 4.58. The number of hydrogen-bond donors (Lipinski definition) is 0. The number of likely N-dealkylation sites (N-methyl/N-ethyl adjacent to an activating group) is 1. The molecule has 0 saturated carbocycles. The van der Waals surface area contributed by atoms with E-state index in [9.17, 15) is 19.6 Å². The molecule has 2 aliphatic heterocycles. The van der Waals surface area contributed by atoms with Crippen molar-refractivity contribution in [1.29, 1.82) is 5.26 Å². The van der Waals surface area contributed by atoms with Gasteiger partial charge < -0.3 is 14.7 Å². The Labute approximate surface area is 227 Å². The second kappa shape index (κ2) is 11.5. The van der Waals surface area contributed by atoms with Crippen molar-refractivity contribution in [3.8, 4) is 6.07 Å². The molecule has 0 aromatic heterocycles. The fourth-order valence-electron chi connectivity index (χ4n) is 5.45. The Bertz CT molecular complexity index is 1240. The van der Waals surface area contributed by atoms with Gasteiger partial charge in [0.15, 0.2) is 0 Å². The maximum Gasteiger partial charge on any atom is 0.253 e. The maximum atomic E-state index is 13.5. The average molecular weight is 541 g/mol. The Kier molecular flexibility index (Phi) is 8.41. The molecule has 2 saturated heterocycles. The van der Waals surface area contributed by atoms with Crippen LogP contribution in [-0.4, -0.2) is 71.7 Å². The van der Waals surface area contributed by atoms with Gasteiger partial charge in [0.1, 0.15) is 0 Å². The number of carbonyl (C=O) groups is 3. The summed E-state index contributed by atoms with van der Waals surface area (Å²) in [6.45, 7) is 3.73. The Morgan fingerprint density at radius 2 is 1.68 bits per heavy atom. The number of nitrogens with zero attached hydrogens (tertiary/aromatic N) is 4. The Morgan fingerprint density at radius 3 is 2.32 bits per heavy atom. The first-order valence-corrected chi connectivity index (χ1v) is 13.2. The predicted molar refractivity (Wildman–Crippen MR) is 142 cm³/mol. The van der Waals surface area contributed by atoms with Crippen molar-refractivity contribution in [2.75, 3.05) is 33.2 Å². The first-order chi connectivity index (χ1) is 17.7. The zero-order valence-electron chi connectivity index (χ0n) is 21.0. The lowest BCUT2D eigenvalue weighted by molar-refractivity contribution is -0.141. The normalized spacial score (nSPS) is 20.3. The molecule has 0 aliphatic carbocycles. The summed E-state index contributed by atoms with van der Waals surface area (Å²) in [5.74, 6) is -0.321. The van der Waals surface area contributed by atoms with Crippen LogP contribution in [0.15, 0.2) is 42.5 Å². The van der Waals surface area contributed by atoms with Crippen molar-refractivity contribution >= 4 is 40.9 Å². The molecular formula is C28H30Cl2N4O3. The molecule has 2 atom stereocenters. The van der Waals surface area contributed by atoms with Crippen LogP contribution in [0.3, 0.4) is 0 Å². The molecule has 3 amide bonds. The molecule has 194 valence electrons. The Hall–Kier alpha value is -3.08. The minimum atomic E-state index is -0.181. The molecule has 2 fully saturated rings. The summed E-state index contributed by atoms with van der Waals surface area (Å²) in [5.41, 5.74) is 1.79. The number of benzene rings is 2. The van der Waals surface area contributed by atoms with Crippen molar-refractivity contribution in [3.05, 3.63) is 69.2 Å². The molecule has 4 rings (SSSR count). The number of amides is 3. The van der Waals surface area contributed by atoms with Crippen LogP contribution in [0.2, 0.25) is 10.0 Å². The molecular weight excluding hydrogens is 511 g/mol. The van der Waals surface area contributed by atoms with E-state index in [1.807, 2.05) is 17.0 Å². The maximum absolute atomic E-state index is 13.5. The van der Waals surface area contributed by atoms with E-state index in [0.29, 0.717) is 66.6 Å². The summed E-state index contributed by atoms with van der Waals surface area (Å²) in [6, 6.07) is 14.0. The van der Waals surface area contributed by atoms with E-state index in [1.165, 1.54) is 0 Å². The summed E-state index contributed by atoms with van der Waals surface area (Å²) in [6.07, 6.45) is 1.91. The van der Waals surface area contributed by atoms with Gasteiger partial charge in [-0.15, -0.1) is 0 Å². The summed E-state index contributed by atoms with van der Waals surface area (Å²) in [5, 5.41) is 10.1. The quantitative estimate of drug-likeness (QED) is 0.568. The van der Waals surface area contributed by atoms with Gasteiger partial charge in [-0.1, -0.05) is 35.3 Å². The highest BCUT2D eigenvalue weighted by Crippen LogP contribution is 2.35. The van der Waals surface area contributed by atoms with Gasteiger partial charge in [-0.25, -0.2) is 0 Å². The monoisotopic (exact) mass is 540 g/mol. The van der Waals surface area contributed by atoms with E-state index in [0.717, 1.165) is 5.56 Å². The van der Waals surface area contributed by atoms with Gasteiger partial charge >= 0.3 is 0 Å². The lowest BCUT2D eigenvalue weighted by Crippen LogP contribution is -2.53. The van der Waals surface area contributed by atoms with E-state index >= 15 is 0 Å². The molecule has 2 unspecified atom stereocenters. The first kappa shape index (κ1) is 27.0. The smallest absolute Gasteiger partial charge is 0.253 e. The van der Waals surface area contributed by atoms with Crippen molar-refractivity contribution < 1.29 is 14.4 Å². The zero-order chi connectivity index (χ0) is 26.7. The van der Waals surface area contributed by atoms with Crippen LogP contribution in [0.5, 0.6) is 0 Å². The van der Waals surface area contributed by atoms with Crippen molar-refractivity contribution in [2.24, 2.45) is 5.92 Å². The number of carbonyl (C=O) groups excluding carboxylic acids is 3. The lowest BCUT2D eigenvalue weighted by atomic mass is 9.83. The van der Waals surface area contributed by atoms with Gasteiger partial charge in [-0.05, 0) is 55.2 Å². The topological polar surface area (TPSA) is 84.7 Å². The minimum absolute atomic E-state index is 0.0411. The third-order valence-electron chi connectivity index (χ3n) is 7.61. The average Bonchev–Trinajstić information content (AvgIpc) is 2.93. The number of halogens is 2. The minimum Gasteiger partial charge on any atom is -0.343 e. The van der Waals surface area contributed by atoms with Crippen molar-refractivity contribution in [3.63, 3.8) is 0 Å². The molecule has 2 heterocycles. The fraction of sp³-hybridized carbons (Fsp3) is 0.429. The molecule has 9 heteroatoms. The van der Waals surface area contributed by atoms with Crippen LogP contribution in [0.25, 0.3) is 0 Å². The molecule has 7 nitrogen and oxygen atoms in total. The van der Waals surface area contributed by atoms with Gasteiger partial charge in [0.25, 0.3) is 5.91 Å². The van der Waals surface area contributed by atoms with Gasteiger partial charge in [0, 0.05) is 63.6 Å². The Balaban J connectivity index is 1.56.